The molecule has 3 aliphatic rings. The number of nitrogens with zero attached hydrogens (tertiary/aromatic N) is 1. The van der Waals surface area contributed by atoms with Crippen LogP contribution in [0.3, 0.4) is 0 Å². The first-order valence-electron chi connectivity index (χ1n) is 5.90. The highest BCUT2D eigenvalue weighted by molar-refractivity contribution is 5.89. The molecule has 2 fully saturated rings. The molecule has 5 nitrogen and oxygen atoms in total. The standard InChI is InChI=1S/C12H15NO4/c14-7-9-6-10-12(16-9)13-5-4-8(15)2-1-3-11(13)17-10/h3-5,9-10,12,14H,1-2,6-7H2/b5-4-,11-3+/t9-,10-,12+/m0/s1. The molecule has 3 rings (SSSR count). The monoisotopic (exact) mass is 237 g/mol. The van der Waals surface area contributed by atoms with E-state index >= 15 is 0 Å². The van der Waals surface area contributed by atoms with Crippen LogP contribution in [0.5, 0.6) is 0 Å². The van der Waals surface area contributed by atoms with Crippen LogP contribution in [-0.4, -0.2) is 40.8 Å². The summed E-state index contributed by atoms with van der Waals surface area (Å²) in [4.78, 5) is 13.2. The molecule has 3 aliphatic heterocycles. The molecule has 0 aromatic rings. The summed E-state index contributed by atoms with van der Waals surface area (Å²) in [6.45, 7) is 0.00585. The lowest BCUT2D eigenvalue weighted by atomic mass is 10.2. The second-order valence-corrected chi connectivity index (χ2v) is 4.49. The van der Waals surface area contributed by atoms with Crippen LogP contribution in [0, 0.1) is 0 Å². The maximum atomic E-state index is 11.4. The Morgan fingerprint density at radius 3 is 3.24 bits per heavy atom. The number of rotatable bonds is 1. The van der Waals surface area contributed by atoms with Crippen molar-refractivity contribution in [3.8, 4) is 0 Å². The van der Waals surface area contributed by atoms with E-state index in [1.165, 1.54) is 0 Å². The lowest BCUT2D eigenvalue weighted by Gasteiger charge is -2.21. The van der Waals surface area contributed by atoms with Crippen LogP contribution in [0.1, 0.15) is 19.3 Å². The van der Waals surface area contributed by atoms with Crippen molar-refractivity contribution >= 4 is 5.78 Å². The Balaban J connectivity index is 1.83. The maximum absolute atomic E-state index is 11.4. The van der Waals surface area contributed by atoms with Crippen molar-refractivity contribution in [2.24, 2.45) is 0 Å². The van der Waals surface area contributed by atoms with Crippen LogP contribution >= 0.6 is 0 Å². The number of hydrogen-bond donors (Lipinski definition) is 1. The number of allylic oxidation sites excluding steroid dienone is 2. The molecule has 0 radical (unpaired) electrons. The van der Waals surface area contributed by atoms with Gasteiger partial charge in [-0.05, 0) is 18.6 Å². The molecule has 0 saturated carbocycles. The number of ether oxygens (including phenoxy) is 2. The Morgan fingerprint density at radius 1 is 1.53 bits per heavy atom. The van der Waals surface area contributed by atoms with Crippen LogP contribution in [0.2, 0.25) is 0 Å². The van der Waals surface area contributed by atoms with Crippen LogP contribution < -0.4 is 0 Å². The van der Waals surface area contributed by atoms with Gasteiger partial charge >= 0.3 is 0 Å². The van der Waals surface area contributed by atoms with Crippen LogP contribution in [-0.2, 0) is 14.3 Å². The molecule has 2 saturated heterocycles. The van der Waals surface area contributed by atoms with Gasteiger partial charge in [0.2, 0.25) is 0 Å². The molecule has 0 bridgehead atoms. The minimum Gasteiger partial charge on any atom is -0.471 e. The van der Waals surface area contributed by atoms with Gasteiger partial charge in [0.05, 0.1) is 12.7 Å². The molecular weight excluding hydrogens is 222 g/mol. The summed E-state index contributed by atoms with van der Waals surface area (Å²) in [6.07, 6.45) is 6.70. The number of fused-ring (bicyclic) bond motifs is 3. The first kappa shape index (κ1) is 10.8. The third-order valence-corrected chi connectivity index (χ3v) is 3.28. The molecule has 0 aromatic carbocycles. The highest BCUT2D eigenvalue weighted by Crippen LogP contribution is 2.37. The van der Waals surface area contributed by atoms with E-state index < -0.39 is 0 Å². The first-order valence-corrected chi connectivity index (χ1v) is 5.90. The minimum absolute atomic E-state index is 0.00585. The van der Waals surface area contributed by atoms with Crippen molar-refractivity contribution in [1.29, 1.82) is 0 Å². The van der Waals surface area contributed by atoms with Crippen molar-refractivity contribution in [3.63, 3.8) is 0 Å². The van der Waals surface area contributed by atoms with Crippen molar-refractivity contribution in [1.82, 2.24) is 4.90 Å². The summed E-state index contributed by atoms with van der Waals surface area (Å²) in [6, 6.07) is 0. The highest BCUT2D eigenvalue weighted by atomic mass is 16.6. The normalized spacial score (nSPS) is 40.8. The Labute approximate surface area is 99.3 Å². The average Bonchev–Trinajstić information content (AvgIpc) is 2.81. The molecule has 0 amide bonds. The van der Waals surface area contributed by atoms with Gasteiger partial charge in [-0.15, -0.1) is 0 Å². The molecular formula is C12H15NO4. The molecule has 0 spiro atoms. The summed E-state index contributed by atoms with van der Waals surface area (Å²) in [5.41, 5.74) is 0. The SMILES string of the molecule is O=C1/C=C\N2/C(=C\CC1)O[C@H]1C[C@@H](CO)O[C@H]12. The molecule has 0 unspecified atom stereocenters. The lowest BCUT2D eigenvalue weighted by molar-refractivity contribution is -0.114. The van der Waals surface area contributed by atoms with E-state index in [-0.39, 0.29) is 30.8 Å². The third kappa shape index (κ3) is 1.85. The first-order chi connectivity index (χ1) is 8.28. The van der Waals surface area contributed by atoms with Gasteiger partial charge in [-0.3, -0.25) is 9.69 Å². The van der Waals surface area contributed by atoms with E-state index in [1.54, 1.807) is 12.3 Å². The second-order valence-electron chi connectivity index (χ2n) is 4.49. The zero-order chi connectivity index (χ0) is 11.8. The van der Waals surface area contributed by atoms with Crippen molar-refractivity contribution in [2.45, 2.75) is 37.7 Å². The quantitative estimate of drug-likeness (QED) is 0.720. The largest absolute Gasteiger partial charge is 0.471 e. The molecule has 0 aliphatic carbocycles. The van der Waals surface area contributed by atoms with Crippen LogP contribution in [0.4, 0.5) is 0 Å². The van der Waals surface area contributed by atoms with Gasteiger partial charge in [0.1, 0.15) is 6.10 Å². The zero-order valence-electron chi connectivity index (χ0n) is 9.41. The van der Waals surface area contributed by atoms with E-state index in [4.69, 9.17) is 14.6 Å². The predicted molar refractivity (Wildman–Crippen MR) is 58.5 cm³/mol. The van der Waals surface area contributed by atoms with Crippen molar-refractivity contribution < 1.29 is 19.4 Å². The van der Waals surface area contributed by atoms with Crippen molar-refractivity contribution in [3.05, 3.63) is 24.2 Å². The number of hydrogen-bond acceptors (Lipinski definition) is 5. The van der Waals surface area contributed by atoms with Gasteiger partial charge in [-0.1, -0.05) is 0 Å². The minimum atomic E-state index is -0.208. The lowest BCUT2D eigenvalue weighted by Crippen LogP contribution is -2.29. The Bertz CT molecular complexity index is 390. The van der Waals surface area contributed by atoms with Gasteiger partial charge in [0.25, 0.3) is 0 Å². The smallest absolute Gasteiger partial charge is 0.191 e. The Morgan fingerprint density at radius 2 is 2.41 bits per heavy atom. The zero-order valence-corrected chi connectivity index (χ0v) is 9.41. The topological polar surface area (TPSA) is 59.0 Å². The number of carbonyl (C=O) groups is 1. The van der Waals surface area contributed by atoms with Crippen molar-refractivity contribution in [2.75, 3.05) is 6.61 Å². The fraction of sp³-hybridized carbons (Fsp3) is 0.583. The van der Waals surface area contributed by atoms with Gasteiger partial charge in [0.15, 0.2) is 17.9 Å². The number of aliphatic hydroxyl groups is 1. The van der Waals surface area contributed by atoms with Gasteiger partial charge in [-0.2, -0.15) is 0 Å². The van der Waals surface area contributed by atoms with Crippen LogP contribution in [0.25, 0.3) is 0 Å². The van der Waals surface area contributed by atoms with E-state index in [0.717, 1.165) is 5.88 Å². The molecule has 92 valence electrons. The second kappa shape index (κ2) is 4.16. The molecule has 0 aromatic heterocycles. The summed E-state index contributed by atoms with van der Waals surface area (Å²) in [7, 11) is 0. The fourth-order valence-corrected chi connectivity index (χ4v) is 2.42. The molecule has 3 atom stereocenters. The molecule has 1 N–H and O–H groups in total. The van der Waals surface area contributed by atoms with Gasteiger partial charge < -0.3 is 14.6 Å². The number of aliphatic hydroxyl groups excluding tert-OH is 1. The van der Waals surface area contributed by atoms with Crippen LogP contribution in [0.15, 0.2) is 24.2 Å². The summed E-state index contributed by atoms with van der Waals surface area (Å²) >= 11 is 0. The Hall–Kier alpha value is -1.33. The maximum Gasteiger partial charge on any atom is 0.191 e. The molecule has 5 heteroatoms. The highest BCUT2D eigenvalue weighted by Gasteiger charge is 2.46. The Kier molecular flexibility index (Phi) is 2.64. The average molecular weight is 237 g/mol. The summed E-state index contributed by atoms with van der Waals surface area (Å²) < 4.78 is 11.5. The summed E-state index contributed by atoms with van der Waals surface area (Å²) in [5.74, 6) is 0.876. The third-order valence-electron chi connectivity index (χ3n) is 3.28. The fourth-order valence-electron chi connectivity index (χ4n) is 2.42. The summed E-state index contributed by atoms with van der Waals surface area (Å²) in [5, 5.41) is 9.07. The van der Waals surface area contributed by atoms with E-state index in [1.807, 2.05) is 11.0 Å². The predicted octanol–water partition coefficient (Wildman–Crippen LogP) is 0.512. The number of ketones is 1. The molecule has 3 heterocycles. The van der Waals surface area contributed by atoms with E-state index in [0.29, 0.717) is 19.3 Å². The van der Waals surface area contributed by atoms with Gasteiger partial charge in [0, 0.05) is 19.0 Å². The van der Waals surface area contributed by atoms with E-state index in [2.05, 4.69) is 0 Å². The van der Waals surface area contributed by atoms with Gasteiger partial charge in [-0.25, -0.2) is 0 Å². The molecule has 17 heavy (non-hydrogen) atoms. The number of carbonyl (C=O) groups excluding carboxylic acids is 1. The van der Waals surface area contributed by atoms with E-state index in [9.17, 15) is 4.79 Å².